The minimum Gasteiger partial charge on any atom is -0.473 e. The molecule has 24 heavy (non-hydrogen) atoms. The summed E-state index contributed by atoms with van der Waals surface area (Å²) in [5, 5.41) is 3.09. The summed E-state index contributed by atoms with van der Waals surface area (Å²) in [5.74, 6) is 1.58. The number of halogens is 1. The summed E-state index contributed by atoms with van der Waals surface area (Å²) >= 11 is 0. The number of ether oxygens (including phenoxy) is 1. The van der Waals surface area contributed by atoms with Crippen LogP contribution in [0.2, 0.25) is 0 Å². The largest absolute Gasteiger partial charge is 0.473 e. The van der Waals surface area contributed by atoms with Crippen LogP contribution in [0.25, 0.3) is 0 Å². The van der Waals surface area contributed by atoms with Gasteiger partial charge in [0.05, 0.1) is 6.54 Å². The lowest BCUT2D eigenvalue weighted by molar-refractivity contribution is 0.293. The van der Waals surface area contributed by atoms with Gasteiger partial charge in [-0.3, -0.25) is 0 Å². The van der Waals surface area contributed by atoms with Gasteiger partial charge < -0.3 is 15.8 Å². The summed E-state index contributed by atoms with van der Waals surface area (Å²) in [6, 6.07) is 13.8. The maximum atomic E-state index is 5.83. The molecule has 3 N–H and O–H groups in total. The smallest absolute Gasteiger partial charge is 0.213 e. The van der Waals surface area contributed by atoms with Crippen molar-refractivity contribution in [2.24, 2.45) is 16.6 Å². The molecule has 0 radical (unpaired) electrons. The highest BCUT2D eigenvalue weighted by Gasteiger charge is 2.00. The van der Waals surface area contributed by atoms with Crippen LogP contribution in [0.5, 0.6) is 5.88 Å². The monoisotopic (exact) mass is 440 g/mol. The molecule has 2 rings (SSSR count). The molecule has 0 saturated carbocycles. The van der Waals surface area contributed by atoms with Crippen molar-refractivity contribution in [3.05, 3.63) is 59.8 Å². The Morgan fingerprint density at radius 1 is 1.21 bits per heavy atom. The number of aromatic nitrogens is 1. The van der Waals surface area contributed by atoms with E-state index in [1.165, 1.54) is 0 Å². The molecule has 2 aromatic rings. The van der Waals surface area contributed by atoms with Crippen molar-refractivity contribution in [1.82, 2.24) is 10.3 Å². The molecule has 5 nitrogen and oxygen atoms in total. The molecule has 0 aliphatic heterocycles. The van der Waals surface area contributed by atoms with Crippen LogP contribution in [-0.2, 0) is 13.2 Å². The molecule has 0 atom stereocenters. The number of aliphatic imine (C=N–C) groups is 1. The molecule has 0 bridgehead atoms. The SMILES string of the molecule is CC(C)CNC(N)=NCc1ccnc(OCc2ccccc2)c1.I. The van der Waals surface area contributed by atoms with Gasteiger partial charge in [-0.1, -0.05) is 44.2 Å². The van der Waals surface area contributed by atoms with Gasteiger partial charge in [-0.15, -0.1) is 24.0 Å². The Kier molecular flexibility index (Phi) is 9.14. The lowest BCUT2D eigenvalue weighted by Gasteiger charge is -2.08. The molecule has 0 amide bonds. The van der Waals surface area contributed by atoms with Crippen molar-refractivity contribution in [1.29, 1.82) is 0 Å². The van der Waals surface area contributed by atoms with Gasteiger partial charge in [0.1, 0.15) is 6.61 Å². The lowest BCUT2D eigenvalue weighted by atomic mass is 10.2. The van der Waals surface area contributed by atoms with Gasteiger partial charge in [-0.05, 0) is 23.1 Å². The predicted molar refractivity (Wildman–Crippen MR) is 109 cm³/mol. The zero-order valence-electron chi connectivity index (χ0n) is 14.1. The molecular weight excluding hydrogens is 415 g/mol. The minimum absolute atomic E-state index is 0. The summed E-state index contributed by atoms with van der Waals surface area (Å²) in [6.07, 6.45) is 1.73. The first kappa shape index (κ1) is 20.2. The van der Waals surface area contributed by atoms with E-state index >= 15 is 0 Å². The molecule has 0 saturated heterocycles. The van der Waals surface area contributed by atoms with Crippen molar-refractivity contribution in [3.8, 4) is 5.88 Å². The summed E-state index contributed by atoms with van der Waals surface area (Å²) < 4.78 is 5.71. The molecule has 1 aromatic carbocycles. The number of benzene rings is 1. The second kappa shape index (κ2) is 10.9. The molecule has 0 spiro atoms. The fourth-order valence-corrected chi connectivity index (χ4v) is 1.90. The van der Waals surface area contributed by atoms with E-state index < -0.39 is 0 Å². The zero-order chi connectivity index (χ0) is 16.5. The van der Waals surface area contributed by atoms with Gasteiger partial charge in [-0.2, -0.15) is 0 Å². The number of pyridine rings is 1. The number of nitrogens with two attached hydrogens (primary N) is 1. The first-order valence-electron chi connectivity index (χ1n) is 7.79. The standard InChI is InChI=1S/C18H24N4O.HI/c1-14(2)11-21-18(19)22-12-16-8-9-20-17(10-16)23-13-15-6-4-3-5-7-15;/h3-10,14H,11-13H2,1-2H3,(H3,19,21,22);1H. The Labute approximate surface area is 160 Å². The van der Waals surface area contributed by atoms with E-state index in [0.717, 1.165) is 17.7 Å². The van der Waals surface area contributed by atoms with Gasteiger partial charge in [0.25, 0.3) is 0 Å². The molecule has 0 aliphatic rings. The molecular formula is C18H25IN4O. The van der Waals surface area contributed by atoms with Crippen molar-refractivity contribution in [2.75, 3.05) is 6.54 Å². The number of guanidine groups is 1. The Hall–Kier alpha value is -1.83. The Morgan fingerprint density at radius 2 is 1.96 bits per heavy atom. The highest BCUT2D eigenvalue weighted by atomic mass is 127. The number of hydrogen-bond donors (Lipinski definition) is 2. The van der Waals surface area contributed by atoms with Crippen molar-refractivity contribution >= 4 is 29.9 Å². The Balaban J connectivity index is 0.00000288. The van der Waals surface area contributed by atoms with Crippen LogP contribution in [0, 0.1) is 5.92 Å². The van der Waals surface area contributed by atoms with Crippen LogP contribution < -0.4 is 15.8 Å². The van der Waals surface area contributed by atoms with E-state index in [0.29, 0.717) is 30.9 Å². The van der Waals surface area contributed by atoms with E-state index in [2.05, 4.69) is 29.1 Å². The predicted octanol–water partition coefficient (Wildman–Crippen LogP) is 3.34. The van der Waals surface area contributed by atoms with E-state index in [-0.39, 0.29) is 24.0 Å². The number of rotatable bonds is 7. The highest BCUT2D eigenvalue weighted by molar-refractivity contribution is 14.0. The number of nitrogens with one attached hydrogen (secondary N) is 1. The molecule has 1 heterocycles. The average molecular weight is 440 g/mol. The lowest BCUT2D eigenvalue weighted by Crippen LogP contribution is -2.34. The topological polar surface area (TPSA) is 72.5 Å². The van der Waals surface area contributed by atoms with Gasteiger partial charge >= 0.3 is 0 Å². The van der Waals surface area contributed by atoms with Crippen LogP contribution in [0.15, 0.2) is 53.7 Å². The maximum absolute atomic E-state index is 5.83. The second-order valence-electron chi connectivity index (χ2n) is 5.75. The minimum atomic E-state index is 0. The van der Waals surface area contributed by atoms with Gasteiger partial charge in [0.15, 0.2) is 5.96 Å². The summed E-state index contributed by atoms with van der Waals surface area (Å²) in [7, 11) is 0. The Bertz CT molecular complexity index is 632. The van der Waals surface area contributed by atoms with Crippen LogP contribution >= 0.6 is 24.0 Å². The van der Waals surface area contributed by atoms with Crippen LogP contribution in [0.1, 0.15) is 25.0 Å². The van der Waals surface area contributed by atoms with Gasteiger partial charge in [0.2, 0.25) is 5.88 Å². The molecule has 130 valence electrons. The fourth-order valence-electron chi connectivity index (χ4n) is 1.90. The van der Waals surface area contributed by atoms with Crippen LogP contribution in [0.4, 0.5) is 0 Å². The summed E-state index contributed by atoms with van der Waals surface area (Å²) in [5.41, 5.74) is 7.96. The first-order chi connectivity index (χ1) is 11.1. The third-order valence-corrected chi connectivity index (χ3v) is 3.15. The van der Waals surface area contributed by atoms with Gasteiger partial charge in [0, 0.05) is 18.8 Å². The summed E-state index contributed by atoms with van der Waals surface area (Å²) in [4.78, 5) is 8.55. The van der Waals surface area contributed by atoms with Crippen molar-refractivity contribution < 1.29 is 4.74 Å². The Morgan fingerprint density at radius 3 is 2.67 bits per heavy atom. The second-order valence-corrected chi connectivity index (χ2v) is 5.75. The third-order valence-electron chi connectivity index (χ3n) is 3.15. The molecule has 0 unspecified atom stereocenters. The van der Waals surface area contributed by atoms with Crippen molar-refractivity contribution in [3.63, 3.8) is 0 Å². The molecule has 6 heteroatoms. The highest BCUT2D eigenvalue weighted by Crippen LogP contribution is 2.12. The number of nitrogens with zero attached hydrogens (tertiary/aromatic N) is 2. The van der Waals surface area contributed by atoms with Crippen LogP contribution in [0.3, 0.4) is 0 Å². The quantitative estimate of drug-likeness (QED) is 0.394. The van der Waals surface area contributed by atoms with E-state index in [9.17, 15) is 0 Å². The van der Waals surface area contributed by atoms with E-state index in [1.54, 1.807) is 6.20 Å². The van der Waals surface area contributed by atoms with E-state index in [1.807, 2.05) is 42.5 Å². The molecule has 0 fully saturated rings. The molecule has 1 aromatic heterocycles. The normalized spacial score (nSPS) is 11.0. The zero-order valence-corrected chi connectivity index (χ0v) is 16.4. The number of hydrogen-bond acceptors (Lipinski definition) is 3. The van der Waals surface area contributed by atoms with Gasteiger partial charge in [-0.25, -0.2) is 9.98 Å². The average Bonchev–Trinajstić information content (AvgIpc) is 2.57. The fraction of sp³-hybridized carbons (Fsp3) is 0.333. The van der Waals surface area contributed by atoms with E-state index in [4.69, 9.17) is 10.5 Å². The maximum Gasteiger partial charge on any atom is 0.213 e. The third kappa shape index (κ3) is 7.63. The molecule has 0 aliphatic carbocycles. The summed E-state index contributed by atoms with van der Waals surface area (Å²) in [6.45, 7) is 6.07. The van der Waals surface area contributed by atoms with Crippen LogP contribution in [-0.4, -0.2) is 17.5 Å². The first-order valence-corrected chi connectivity index (χ1v) is 7.79. The van der Waals surface area contributed by atoms with Crippen molar-refractivity contribution in [2.45, 2.75) is 27.0 Å².